The Balaban J connectivity index is 3.02. The average molecular weight is 234 g/mol. The first-order chi connectivity index (χ1) is 7.76. The van der Waals surface area contributed by atoms with Crippen molar-refractivity contribution in [3.63, 3.8) is 0 Å². The molecule has 0 saturated heterocycles. The molecule has 0 atom stereocenters. The van der Waals surface area contributed by atoms with Gasteiger partial charge in [0.25, 0.3) is 0 Å². The van der Waals surface area contributed by atoms with Gasteiger partial charge in [0.1, 0.15) is 0 Å². The van der Waals surface area contributed by atoms with E-state index in [0.29, 0.717) is 5.69 Å². The van der Waals surface area contributed by atoms with Crippen LogP contribution in [0.5, 0.6) is 0 Å². The van der Waals surface area contributed by atoms with Gasteiger partial charge in [0.15, 0.2) is 0 Å². The topological polar surface area (TPSA) is 46.3 Å². The number of nitrogens with two attached hydrogens (primary N) is 1. The summed E-state index contributed by atoms with van der Waals surface area (Å²) in [6.07, 6.45) is 0. The lowest BCUT2D eigenvalue weighted by atomic mass is 9.83. The number of benzene rings is 1. The van der Waals surface area contributed by atoms with Crippen molar-refractivity contribution in [2.24, 2.45) is 0 Å². The van der Waals surface area contributed by atoms with E-state index in [1.165, 1.54) is 0 Å². The summed E-state index contributed by atoms with van der Waals surface area (Å²) in [6.45, 7) is 7.91. The Kier molecular flexibility index (Phi) is 3.81. The summed E-state index contributed by atoms with van der Waals surface area (Å²) in [5.74, 6) is 0.122. The number of hydrogen-bond acceptors (Lipinski definition) is 2. The largest absolute Gasteiger partial charge is 0.399 e. The molecule has 0 aromatic heterocycles. The number of likely N-dealkylation sites (N-methyl/N-ethyl adjacent to an activating group) is 1. The molecule has 0 spiro atoms. The van der Waals surface area contributed by atoms with Crippen molar-refractivity contribution in [1.82, 2.24) is 4.90 Å². The fourth-order valence-corrected chi connectivity index (χ4v) is 1.70. The Bertz CT molecular complexity index is 393. The van der Waals surface area contributed by atoms with E-state index in [9.17, 15) is 4.79 Å². The standard InChI is InChI=1S/C14H22N2O/c1-10(2)16(5)13(17)14(3,4)11-6-8-12(15)9-7-11/h6-10H,15H2,1-5H3. The summed E-state index contributed by atoms with van der Waals surface area (Å²) in [5, 5.41) is 0. The van der Waals surface area contributed by atoms with Crippen LogP contribution >= 0.6 is 0 Å². The van der Waals surface area contributed by atoms with Crippen molar-refractivity contribution in [3.8, 4) is 0 Å². The molecule has 1 aromatic rings. The summed E-state index contributed by atoms with van der Waals surface area (Å²) >= 11 is 0. The lowest BCUT2D eigenvalue weighted by Crippen LogP contribution is -2.44. The Hall–Kier alpha value is -1.51. The Morgan fingerprint density at radius 1 is 1.24 bits per heavy atom. The van der Waals surface area contributed by atoms with Crippen molar-refractivity contribution < 1.29 is 4.79 Å². The summed E-state index contributed by atoms with van der Waals surface area (Å²) < 4.78 is 0. The minimum Gasteiger partial charge on any atom is -0.399 e. The van der Waals surface area contributed by atoms with Gasteiger partial charge >= 0.3 is 0 Å². The van der Waals surface area contributed by atoms with Crippen LogP contribution in [0.3, 0.4) is 0 Å². The number of anilines is 1. The highest BCUT2D eigenvalue weighted by Gasteiger charge is 2.33. The van der Waals surface area contributed by atoms with Crippen LogP contribution in [0.2, 0.25) is 0 Å². The van der Waals surface area contributed by atoms with E-state index >= 15 is 0 Å². The van der Waals surface area contributed by atoms with Crippen LogP contribution in [0.4, 0.5) is 5.69 Å². The third-order valence-corrected chi connectivity index (χ3v) is 3.26. The predicted octanol–water partition coefficient (Wildman–Crippen LogP) is 2.41. The molecule has 2 N–H and O–H groups in total. The fraction of sp³-hybridized carbons (Fsp3) is 0.500. The van der Waals surface area contributed by atoms with Gasteiger partial charge in [-0.1, -0.05) is 12.1 Å². The molecule has 1 rings (SSSR count). The van der Waals surface area contributed by atoms with Gasteiger partial charge in [0, 0.05) is 18.8 Å². The quantitative estimate of drug-likeness (QED) is 0.816. The molecule has 1 aromatic carbocycles. The molecule has 0 aliphatic carbocycles. The van der Waals surface area contributed by atoms with Crippen molar-refractivity contribution in [2.75, 3.05) is 12.8 Å². The highest BCUT2D eigenvalue weighted by atomic mass is 16.2. The Labute approximate surface area is 104 Å². The molecular weight excluding hydrogens is 212 g/mol. The van der Waals surface area contributed by atoms with Gasteiger partial charge in [-0.25, -0.2) is 0 Å². The fourth-order valence-electron chi connectivity index (χ4n) is 1.70. The molecule has 0 aliphatic heterocycles. The van der Waals surface area contributed by atoms with E-state index in [1.54, 1.807) is 4.90 Å². The zero-order valence-corrected chi connectivity index (χ0v) is 11.3. The van der Waals surface area contributed by atoms with Gasteiger partial charge in [-0.15, -0.1) is 0 Å². The second kappa shape index (κ2) is 4.78. The number of rotatable bonds is 3. The molecule has 0 aliphatic rings. The molecule has 0 bridgehead atoms. The van der Waals surface area contributed by atoms with Crippen LogP contribution in [0.15, 0.2) is 24.3 Å². The number of hydrogen-bond donors (Lipinski definition) is 1. The zero-order chi connectivity index (χ0) is 13.2. The average Bonchev–Trinajstić information content (AvgIpc) is 2.27. The van der Waals surface area contributed by atoms with E-state index in [0.717, 1.165) is 5.56 Å². The molecule has 0 radical (unpaired) electrons. The van der Waals surface area contributed by atoms with Gasteiger partial charge < -0.3 is 10.6 Å². The number of carbonyl (C=O) groups excluding carboxylic acids is 1. The van der Waals surface area contributed by atoms with Crippen LogP contribution < -0.4 is 5.73 Å². The van der Waals surface area contributed by atoms with Gasteiger partial charge in [0.2, 0.25) is 5.91 Å². The zero-order valence-electron chi connectivity index (χ0n) is 11.3. The monoisotopic (exact) mass is 234 g/mol. The third-order valence-electron chi connectivity index (χ3n) is 3.26. The number of carbonyl (C=O) groups is 1. The number of nitrogens with zero attached hydrogens (tertiary/aromatic N) is 1. The summed E-state index contributed by atoms with van der Waals surface area (Å²) in [7, 11) is 1.84. The summed E-state index contributed by atoms with van der Waals surface area (Å²) in [6, 6.07) is 7.71. The second-order valence-corrected chi connectivity index (χ2v) is 5.26. The summed E-state index contributed by atoms with van der Waals surface area (Å²) in [5.41, 5.74) is 6.84. The highest BCUT2D eigenvalue weighted by molar-refractivity contribution is 5.87. The first kappa shape index (κ1) is 13.6. The maximum atomic E-state index is 12.4. The van der Waals surface area contributed by atoms with Crippen molar-refractivity contribution >= 4 is 11.6 Å². The first-order valence-electron chi connectivity index (χ1n) is 5.90. The minimum atomic E-state index is -0.521. The molecule has 3 nitrogen and oxygen atoms in total. The van der Waals surface area contributed by atoms with Gasteiger partial charge in [0.05, 0.1) is 5.41 Å². The van der Waals surface area contributed by atoms with Gasteiger partial charge in [-0.3, -0.25) is 4.79 Å². The normalized spacial score (nSPS) is 11.6. The van der Waals surface area contributed by atoms with Gasteiger partial charge in [-0.05, 0) is 45.4 Å². The lowest BCUT2D eigenvalue weighted by molar-refractivity contribution is -0.136. The molecule has 1 amide bonds. The molecule has 0 fully saturated rings. The summed E-state index contributed by atoms with van der Waals surface area (Å²) in [4.78, 5) is 14.2. The molecule has 17 heavy (non-hydrogen) atoms. The minimum absolute atomic E-state index is 0.122. The third kappa shape index (κ3) is 2.78. The van der Waals surface area contributed by atoms with E-state index in [2.05, 4.69) is 0 Å². The van der Waals surface area contributed by atoms with E-state index in [4.69, 9.17) is 5.73 Å². The van der Waals surface area contributed by atoms with Crippen LogP contribution in [0.25, 0.3) is 0 Å². The molecule has 0 saturated carbocycles. The first-order valence-corrected chi connectivity index (χ1v) is 5.90. The second-order valence-electron chi connectivity index (χ2n) is 5.26. The van der Waals surface area contributed by atoms with Crippen molar-refractivity contribution in [1.29, 1.82) is 0 Å². The highest BCUT2D eigenvalue weighted by Crippen LogP contribution is 2.26. The van der Waals surface area contributed by atoms with E-state index in [-0.39, 0.29) is 11.9 Å². The molecular formula is C14H22N2O. The van der Waals surface area contributed by atoms with E-state index in [1.807, 2.05) is 59.0 Å². The van der Waals surface area contributed by atoms with Crippen LogP contribution in [-0.2, 0) is 10.2 Å². The molecule has 0 heterocycles. The molecule has 0 unspecified atom stereocenters. The van der Waals surface area contributed by atoms with Crippen LogP contribution in [-0.4, -0.2) is 23.9 Å². The van der Waals surface area contributed by atoms with Crippen LogP contribution in [0.1, 0.15) is 33.3 Å². The van der Waals surface area contributed by atoms with Crippen molar-refractivity contribution in [3.05, 3.63) is 29.8 Å². The maximum Gasteiger partial charge on any atom is 0.232 e. The number of amides is 1. The van der Waals surface area contributed by atoms with E-state index < -0.39 is 5.41 Å². The maximum absolute atomic E-state index is 12.4. The smallest absolute Gasteiger partial charge is 0.232 e. The molecule has 94 valence electrons. The van der Waals surface area contributed by atoms with Gasteiger partial charge in [-0.2, -0.15) is 0 Å². The number of nitrogen functional groups attached to an aromatic ring is 1. The molecule has 3 heteroatoms. The Morgan fingerprint density at radius 2 is 1.71 bits per heavy atom. The SMILES string of the molecule is CC(C)N(C)C(=O)C(C)(C)c1ccc(N)cc1. The van der Waals surface area contributed by atoms with Crippen LogP contribution in [0, 0.1) is 0 Å². The van der Waals surface area contributed by atoms with Crippen molar-refractivity contribution in [2.45, 2.75) is 39.2 Å². The lowest BCUT2D eigenvalue weighted by Gasteiger charge is -2.32. The Morgan fingerprint density at radius 3 is 2.12 bits per heavy atom. The predicted molar refractivity (Wildman–Crippen MR) is 71.8 cm³/mol.